The summed E-state index contributed by atoms with van der Waals surface area (Å²) in [4.78, 5) is 39.7. The number of hydrogen-bond acceptors (Lipinski definition) is 10. The lowest BCUT2D eigenvalue weighted by atomic mass is 10.1. The van der Waals surface area contributed by atoms with Gasteiger partial charge in [-0.3, -0.25) is 4.52 Å². The van der Waals surface area contributed by atoms with E-state index in [4.69, 9.17) is 19.4 Å². The zero-order valence-corrected chi connectivity index (χ0v) is 17.4. The van der Waals surface area contributed by atoms with Crippen LogP contribution >= 0.6 is 23.5 Å². The summed E-state index contributed by atoms with van der Waals surface area (Å²) in [5.41, 5.74) is 1.15. The molecule has 2 heterocycles. The molecule has 1 fully saturated rings. The van der Waals surface area contributed by atoms with Crippen LogP contribution in [0.3, 0.4) is 0 Å². The highest BCUT2D eigenvalue weighted by Gasteiger charge is 2.46. The molecule has 2 unspecified atom stereocenters. The summed E-state index contributed by atoms with van der Waals surface area (Å²) in [6.07, 6.45) is -4.24. The third-order valence-corrected chi connectivity index (χ3v) is 7.71. The number of aliphatic hydroxyl groups is 2. The molecule has 15 nitrogen and oxygen atoms in total. The molecule has 0 bridgehead atoms. The molecule has 1 aliphatic heterocycles. The van der Waals surface area contributed by atoms with Gasteiger partial charge in [0.05, 0.1) is 24.0 Å². The number of imidazole rings is 1. The van der Waals surface area contributed by atoms with Crippen molar-refractivity contribution in [2.24, 2.45) is 0 Å². The van der Waals surface area contributed by atoms with Crippen molar-refractivity contribution in [3.63, 3.8) is 0 Å². The number of para-hydroxylation sites is 2. The number of phosphoric acid groups is 3. The van der Waals surface area contributed by atoms with E-state index in [2.05, 4.69) is 18.1 Å². The molecule has 18 heteroatoms. The first kappa shape index (κ1) is 23.6. The van der Waals surface area contributed by atoms with E-state index >= 15 is 0 Å². The smallest absolute Gasteiger partial charge is 0.387 e. The number of phosphoric ester groups is 1. The minimum absolute atomic E-state index is 0.572. The monoisotopic (exact) mass is 490 g/mol. The van der Waals surface area contributed by atoms with Gasteiger partial charge in [0.25, 0.3) is 0 Å². The van der Waals surface area contributed by atoms with Crippen molar-refractivity contribution in [3.05, 3.63) is 30.6 Å². The number of aromatic nitrogens is 2. The molecule has 6 atom stereocenters. The molecule has 0 radical (unpaired) electrons. The van der Waals surface area contributed by atoms with E-state index in [-0.39, 0.29) is 0 Å². The van der Waals surface area contributed by atoms with Crippen LogP contribution in [-0.4, -0.2) is 64.3 Å². The van der Waals surface area contributed by atoms with E-state index in [1.165, 1.54) is 10.9 Å². The molecule has 0 saturated carbocycles. The zero-order chi connectivity index (χ0) is 22.3. The first-order chi connectivity index (χ1) is 13.8. The summed E-state index contributed by atoms with van der Waals surface area (Å²) in [6.45, 7) is -0.898. The van der Waals surface area contributed by atoms with Gasteiger partial charge in [-0.1, -0.05) is 12.1 Å². The highest BCUT2D eigenvalue weighted by molar-refractivity contribution is 7.66. The molecular formula is C12H17N2O13P3. The average Bonchev–Trinajstić information content (AvgIpc) is 3.12. The molecule has 6 N–H and O–H groups in total. The highest BCUT2D eigenvalue weighted by atomic mass is 31.3. The lowest BCUT2D eigenvalue weighted by molar-refractivity contribution is -0.0501. The van der Waals surface area contributed by atoms with Crippen LogP contribution in [-0.2, 0) is 31.6 Å². The molecule has 1 aromatic heterocycles. The van der Waals surface area contributed by atoms with Crippen molar-refractivity contribution in [1.29, 1.82) is 0 Å². The van der Waals surface area contributed by atoms with Crippen LogP contribution in [0.4, 0.5) is 0 Å². The summed E-state index contributed by atoms with van der Waals surface area (Å²) in [7, 11) is -16.6. The Bertz CT molecular complexity index is 1050. The fourth-order valence-corrected chi connectivity index (χ4v) is 5.78. The van der Waals surface area contributed by atoms with E-state index in [1.807, 2.05) is 0 Å². The highest BCUT2D eigenvalue weighted by Crippen LogP contribution is 2.66. The summed E-state index contributed by atoms with van der Waals surface area (Å²) in [5, 5.41) is 20.4. The van der Waals surface area contributed by atoms with Crippen molar-refractivity contribution >= 4 is 34.5 Å². The third-order valence-electron chi connectivity index (χ3n) is 3.91. The molecule has 1 saturated heterocycles. The molecule has 0 aliphatic carbocycles. The van der Waals surface area contributed by atoms with Crippen LogP contribution in [0, 0.1) is 0 Å². The van der Waals surface area contributed by atoms with E-state index in [0.29, 0.717) is 11.0 Å². The number of fused-ring (bicyclic) bond motifs is 1. The zero-order valence-electron chi connectivity index (χ0n) is 14.7. The van der Waals surface area contributed by atoms with Crippen LogP contribution in [0.25, 0.3) is 11.0 Å². The molecular weight excluding hydrogens is 473 g/mol. The maximum Gasteiger partial charge on any atom is 0.490 e. The van der Waals surface area contributed by atoms with Crippen LogP contribution in [0.2, 0.25) is 0 Å². The second kappa shape index (κ2) is 8.49. The second-order valence-corrected chi connectivity index (χ2v) is 10.5. The molecule has 30 heavy (non-hydrogen) atoms. The lowest BCUT2D eigenvalue weighted by Gasteiger charge is -2.19. The first-order valence-electron chi connectivity index (χ1n) is 7.99. The van der Waals surface area contributed by atoms with Gasteiger partial charge in [-0.05, 0) is 12.1 Å². The molecule has 2 aromatic rings. The molecule has 1 aliphatic rings. The van der Waals surface area contributed by atoms with Gasteiger partial charge in [0.1, 0.15) is 18.3 Å². The van der Waals surface area contributed by atoms with Gasteiger partial charge in [0.2, 0.25) is 0 Å². The van der Waals surface area contributed by atoms with Crippen molar-refractivity contribution in [3.8, 4) is 0 Å². The molecule has 3 rings (SSSR count). The fraction of sp³-hybridized carbons (Fsp3) is 0.417. The minimum Gasteiger partial charge on any atom is -0.387 e. The summed E-state index contributed by atoms with van der Waals surface area (Å²) in [5.74, 6) is 0. The van der Waals surface area contributed by atoms with Gasteiger partial charge in [-0.2, -0.15) is 8.62 Å². The van der Waals surface area contributed by atoms with Crippen molar-refractivity contribution < 1.29 is 61.4 Å². The van der Waals surface area contributed by atoms with Gasteiger partial charge in [0, 0.05) is 0 Å². The van der Waals surface area contributed by atoms with E-state index in [9.17, 15) is 28.8 Å². The molecule has 0 amide bonds. The first-order valence-corrected chi connectivity index (χ1v) is 12.5. The maximum absolute atomic E-state index is 11.8. The number of hydrogen-bond donors (Lipinski definition) is 6. The normalized spacial score (nSPS) is 29.0. The molecule has 168 valence electrons. The van der Waals surface area contributed by atoms with E-state index < -0.39 is 54.6 Å². The van der Waals surface area contributed by atoms with Crippen LogP contribution < -0.4 is 0 Å². The van der Waals surface area contributed by atoms with E-state index in [1.54, 1.807) is 24.3 Å². The Labute approximate surface area is 167 Å². The van der Waals surface area contributed by atoms with Crippen LogP contribution in [0.1, 0.15) is 6.23 Å². The summed E-state index contributed by atoms with van der Waals surface area (Å²) < 4.78 is 52.2. The van der Waals surface area contributed by atoms with Gasteiger partial charge in [-0.15, -0.1) is 0 Å². The van der Waals surface area contributed by atoms with Crippen molar-refractivity contribution in [1.82, 2.24) is 9.55 Å². The average molecular weight is 490 g/mol. The predicted molar refractivity (Wildman–Crippen MR) is 95.5 cm³/mol. The summed E-state index contributed by atoms with van der Waals surface area (Å²) >= 11 is 0. The second-order valence-electron chi connectivity index (χ2n) is 6.07. The van der Waals surface area contributed by atoms with Crippen molar-refractivity contribution in [2.45, 2.75) is 24.5 Å². The predicted octanol–water partition coefficient (Wildman–Crippen LogP) is -0.00120. The largest absolute Gasteiger partial charge is 0.490 e. The maximum atomic E-state index is 11.8. The van der Waals surface area contributed by atoms with E-state index in [0.717, 1.165) is 0 Å². The number of benzene rings is 1. The Morgan fingerprint density at radius 1 is 1.00 bits per heavy atom. The fourth-order valence-electron chi connectivity index (χ4n) is 2.75. The number of rotatable bonds is 8. The standard InChI is InChI=1S/C12H17N2O13P3/c15-10-9(5-24-29(20,21)27-30(22,23)26-28(17,18)19)25-12(11(10)16)14-6-13-7-3-1-2-4-8(7)14/h1-4,6,9-12,15-16H,5H2,(H,20,21)(H,22,23)(H2,17,18,19)/t9-,10-,11-,12-/m1/s1. The van der Waals surface area contributed by atoms with Gasteiger partial charge < -0.3 is 39.1 Å². The quantitative estimate of drug-likeness (QED) is 0.268. The topological polar surface area (TPSA) is 227 Å². The van der Waals surface area contributed by atoms with Crippen LogP contribution in [0.5, 0.6) is 0 Å². The molecule has 1 aromatic carbocycles. The van der Waals surface area contributed by atoms with Crippen LogP contribution in [0.15, 0.2) is 30.6 Å². The van der Waals surface area contributed by atoms with Crippen molar-refractivity contribution in [2.75, 3.05) is 6.61 Å². The number of aliphatic hydroxyl groups excluding tert-OH is 2. The lowest BCUT2D eigenvalue weighted by Crippen LogP contribution is -2.33. The number of ether oxygens (including phenoxy) is 1. The third kappa shape index (κ3) is 5.61. The number of nitrogens with zero attached hydrogens (tertiary/aromatic N) is 2. The van der Waals surface area contributed by atoms with Gasteiger partial charge >= 0.3 is 23.5 Å². The van der Waals surface area contributed by atoms with Gasteiger partial charge in [0.15, 0.2) is 6.23 Å². The Hall–Kier alpha value is -1.02. The Morgan fingerprint density at radius 2 is 1.67 bits per heavy atom. The Kier molecular flexibility index (Phi) is 6.69. The SMILES string of the molecule is O=P(O)(O)OP(=O)(O)OP(=O)(O)OC[C@H]1O[C@@H](n2cnc3ccccc32)[C@H](O)[C@@H]1O. The minimum atomic E-state index is -5.67. The Morgan fingerprint density at radius 3 is 2.33 bits per heavy atom. The Balaban J connectivity index is 1.67. The summed E-state index contributed by atoms with van der Waals surface area (Å²) in [6, 6.07) is 6.84. The van der Waals surface area contributed by atoms with Gasteiger partial charge in [-0.25, -0.2) is 18.7 Å². The molecule has 0 spiro atoms.